The van der Waals surface area contributed by atoms with E-state index in [2.05, 4.69) is 15.3 Å². The monoisotopic (exact) mass is 497 g/mol. The predicted molar refractivity (Wildman–Crippen MR) is 122 cm³/mol. The molecule has 174 valence electrons. The van der Waals surface area contributed by atoms with Crippen molar-refractivity contribution < 1.29 is 18.3 Å². The molecule has 0 aliphatic rings. The zero-order valence-corrected chi connectivity index (χ0v) is 18.8. The third kappa shape index (κ3) is 5.77. The Bertz CT molecular complexity index is 1210. The number of hydrogen-bond acceptors (Lipinski definition) is 6. The molecular formula is C21H19Cl2F2N5O3. The summed E-state index contributed by atoms with van der Waals surface area (Å²) in [6.45, 7) is 2.18. The lowest BCUT2D eigenvalue weighted by Crippen LogP contribution is -2.31. The van der Waals surface area contributed by atoms with Crippen LogP contribution >= 0.6 is 23.2 Å². The molecule has 0 unspecified atom stereocenters. The number of aryl methyl sites for hydroxylation is 1. The first-order chi connectivity index (χ1) is 15.7. The second kappa shape index (κ2) is 10.6. The van der Waals surface area contributed by atoms with Crippen LogP contribution in [0.3, 0.4) is 0 Å². The van der Waals surface area contributed by atoms with Gasteiger partial charge in [-0.15, -0.1) is 0 Å². The van der Waals surface area contributed by atoms with Crippen LogP contribution in [0.15, 0.2) is 41.7 Å². The van der Waals surface area contributed by atoms with Gasteiger partial charge in [-0.2, -0.15) is 0 Å². The number of ether oxygens (including phenoxy) is 1. The Balaban J connectivity index is 1.95. The summed E-state index contributed by atoms with van der Waals surface area (Å²) in [5.41, 5.74) is 5.35. The van der Waals surface area contributed by atoms with Gasteiger partial charge in [0, 0.05) is 24.8 Å². The van der Waals surface area contributed by atoms with Crippen LogP contribution in [0.1, 0.15) is 29.3 Å². The molecule has 33 heavy (non-hydrogen) atoms. The van der Waals surface area contributed by atoms with Gasteiger partial charge >= 0.3 is 0 Å². The van der Waals surface area contributed by atoms with Gasteiger partial charge in [0.15, 0.2) is 0 Å². The highest BCUT2D eigenvalue weighted by atomic mass is 35.5. The van der Waals surface area contributed by atoms with Gasteiger partial charge in [-0.1, -0.05) is 23.2 Å². The van der Waals surface area contributed by atoms with Crippen LogP contribution in [0.5, 0.6) is 5.75 Å². The smallest absolute Gasteiger partial charge is 0.273 e. The number of aromatic nitrogens is 3. The number of halogens is 4. The van der Waals surface area contributed by atoms with Crippen LogP contribution in [0.25, 0.3) is 5.69 Å². The lowest BCUT2D eigenvalue weighted by Gasteiger charge is -2.14. The molecule has 0 saturated heterocycles. The van der Waals surface area contributed by atoms with Crippen molar-refractivity contribution >= 4 is 40.6 Å². The number of hydrogen-bond donors (Lipinski definition) is 2. The van der Waals surface area contributed by atoms with Crippen LogP contribution in [-0.4, -0.2) is 33.5 Å². The molecule has 8 nitrogen and oxygen atoms in total. The van der Waals surface area contributed by atoms with Crippen LogP contribution in [-0.2, 0) is 6.42 Å². The van der Waals surface area contributed by atoms with Crippen LogP contribution in [0, 0.1) is 0 Å². The van der Waals surface area contributed by atoms with E-state index in [1.165, 1.54) is 30.6 Å². The summed E-state index contributed by atoms with van der Waals surface area (Å²) in [4.78, 5) is 33.8. The Hall–Kier alpha value is -3.24. The predicted octanol–water partition coefficient (Wildman–Crippen LogP) is 4.37. The molecule has 1 aromatic carbocycles. The normalized spacial score (nSPS) is 11.0. The average Bonchev–Trinajstić information content (AvgIpc) is 2.74. The third-order valence-corrected chi connectivity index (χ3v) is 5.05. The first kappa shape index (κ1) is 24.4. The molecule has 12 heteroatoms. The first-order valence-corrected chi connectivity index (χ1v) is 10.5. The molecule has 3 N–H and O–H groups in total. The number of nitrogen functional groups attached to an aromatic ring is 1. The molecule has 0 atom stereocenters. The number of nitrogens with zero attached hydrogens (tertiary/aromatic N) is 3. The lowest BCUT2D eigenvalue weighted by atomic mass is 10.1. The number of anilines is 2. The zero-order valence-electron chi connectivity index (χ0n) is 17.3. The van der Waals surface area contributed by atoms with Crippen molar-refractivity contribution in [2.45, 2.75) is 26.2 Å². The summed E-state index contributed by atoms with van der Waals surface area (Å²) in [6, 6.07) is 4.44. The lowest BCUT2D eigenvalue weighted by molar-refractivity contribution is 0.102. The van der Waals surface area contributed by atoms with E-state index in [0.717, 1.165) is 10.9 Å². The number of nitrogens with one attached hydrogen (secondary N) is 1. The van der Waals surface area contributed by atoms with Gasteiger partial charge in [-0.3, -0.25) is 19.1 Å². The van der Waals surface area contributed by atoms with Crippen LogP contribution < -0.4 is 21.3 Å². The van der Waals surface area contributed by atoms with Crippen molar-refractivity contribution in [1.82, 2.24) is 14.5 Å². The standard InChI is InChI=1S/C21H19Cl2F2N5O3/c1-2-33-13-6-14(22)18(15(23)7-13)30-10-28-19(26)17(21(30)32)20(31)29-12-5-11(8-27-9-12)3-4-16(24)25/h5-10,16H,2-4,26H2,1H3,(H,29,31). The Kier molecular flexibility index (Phi) is 7.83. The molecule has 2 heterocycles. The number of rotatable bonds is 8. The summed E-state index contributed by atoms with van der Waals surface area (Å²) >= 11 is 12.6. The summed E-state index contributed by atoms with van der Waals surface area (Å²) in [5.74, 6) is -0.760. The van der Waals surface area contributed by atoms with Crippen LogP contribution in [0.4, 0.5) is 20.3 Å². The molecular weight excluding hydrogens is 479 g/mol. The average molecular weight is 498 g/mol. The highest BCUT2D eigenvalue weighted by Gasteiger charge is 2.21. The minimum Gasteiger partial charge on any atom is -0.494 e. The summed E-state index contributed by atoms with van der Waals surface area (Å²) in [7, 11) is 0. The number of nitrogens with two attached hydrogens (primary N) is 1. The zero-order chi connectivity index (χ0) is 24.1. The number of pyridine rings is 1. The number of carbonyl (C=O) groups is 1. The summed E-state index contributed by atoms with van der Waals surface area (Å²) < 4.78 is 31.3. The minimum atomic E-state index is -2.46. The molecule has 0 aliphatic carbocycles. The van der Waals surface area contributed by atoms with Gasteiger partial charge < -0.3 is 15.8 Å². The largest absolute Gasteiger partial charge is 0.494 e. The maximum Gasteiger partial charge on any atom is 0.273 e. The fourth-order valence-corrected chi connectivity index (χ4v) is 3.67. The minimum absolute atomic E-state index is 0.0744. The van der Waals surface area contributed by atoms with Crippen LogP contribution in [0.2, 0.25) is 10.0 Å². The third-order valence-electron chi connectivity index (χ3n) is 4.47. The molecule has 0 bridgehead atoms. The second-order valence-corrected chi connectivity index (χ2v) is 7.63. The molecule has 1 amide bonds. The van der Waals surface area contributed by atoms with E-state index >= 15 is 0 Å². The topological polar surface area (TPSA) is 112 Å². The Morgan fingerprint density at radius 2 is 1.94 bits per heavy atom. The van der Waals surface area contributed by atoms with Gasteiger partial charge in [-0.05, 0) is 25.0 Å². The van der Waals surface area contributed by atoms with E-state index < -0.39 is 23.5 Å². The van der Waals surface area contributed by atoms with E-state index in [4.69, 9.17) is 33.7 Å². The number of alkyl halides is 2. The maximum atomic E-state index is 13.1. The fourth-order valence-electron chi connectivity index (χ4n) is 3.02. The van der Waals surface area contributed by atoms with Gasteiger partial charge in [0.1, 0.15) is 23.5 Å². The Labute approximate surface area is 197 Å². The molecule has 0 spiro atoms. The fraction of sp³-hybridized carbons (Fsp3) is 0.238. The summed E-state index contributed by atoms with van der Waals surface area (Å²) in [5, 5.41) is 2.69. The molecule has 2 aromatic heterocycles. The quantitative estimate of drug-likeness (QED) is 0.477. The van der Waals surface area contributed by atoms with Crippen molar-refractivity contribution in [2.75, 3.05) is 17.7 Å². The molecule has 0 fully saturated rings. The molecule has 3 rings (SSSR count). The first-order valence-electron chi connectivity index (χ1n) is 9.74. The molecule has 0 aliphatic heterocycles. The molecule has 3 aromatic rings. The van der Waals surface area contributed by atoms with Gasteiger partial charge in [-0.25, -0.2) is 13.8 Å². The highest BCUT2D eigenvalue weighted by molar-refractivity contribution is 6.38. The second-order valence-electron chi connectivity index (χ2n) is 6.81. The van der Waals surface area contributed by atoms with Crippen molar-refractivity contribution in [3.8, 4) is 11.4 Å². The van der Waals surface area contributed by atoms with Crippen molar-refractivity contribution in [3.05, 3.63) is 68.4 Å². The van der Waals surface area contributed by atoms with Gasteiger partial charge in [0.2, 0.25) is 6.43 Å². The van der Waals surface area contributed by atoms with E-state index in [0.29, 0.717) is 17.9 Å². The van der Waals surface area contributed by atoms with Crippen molar-refractivity contribution in [1.29, 1.82) is 0 Å². The highest BCUT2D eigenvalue weighted by Crippen LogP contribution is 2.32. The van der Waals surface area contributed by atoms with E-state index in [-0.39, 0.29) is 40.1 Å². The van der Waals surface area contributed by atoms with Crippen molar-refractivity contribution in [2.24, 2.45) is 0 Å². The van der Waals surface area contributed by atoms with E-state index in [1.807, 2.05) is 0 Å². The number of amides is 1. The molecule has 0 saturated carbocycles. The van der Waals surface area contributed by atoms with Crippen molar-refractivity contribution in [3.63, 3.8) is 0 Å². The Morgan fingerprint density at radius 3 is 2.58 bits per heavy atom. The summed E-state index contributed by atoms with van der Waals surface area (Å²) in [6.07, 6.45) is 1.11. The Morgan fingerprint density at radius 1 is 1.24 bits per heavy atom. The van der Waals surface area contributed by atoms with Gasteiger partial charge in [0.05, 0.1) is 34.2 Å². The van der Waals surface area contributed by atoms with E-state index in [9.17, 15) is 18.4 Å². The van der Waals surface area contributed by atoms with Gasteiger partial charge in [0.25, 0.3) is 11.5 Å². The molecule has 0 radical (unpaired) electrons. The number of carbonyl (C=O) groups excluding carboxylic acids is 1. The SMILES string of the molecule is CCOc1cc(Cl)c(-n2cnc(N)c(C(=O)Nc3cncc(CCC(F)F)c3)c2=O)c(Cl)c1. The maximum absolute atomic E-state index is 13.1. The number of benzene rings is 1. The van der Waals surface area contributed by atoms with E-state index in [1.54, 1.807) is 6.92 Å².